The number of aromatic nitrogens is 1. The molecule has 0 amide bonds. The summed E-state index contributed by atoms with van der Waals surface area (Å²) < 4.78 is 14.7. The predicted molar refractivity (Wildman–Crippen MR) is 142 cm³/mol. The van der Waals surface area contributed by atoms with E-state index in [9.17, 15) is 5.26 Å². The average molecular weight is 468 g/mol. The van der Waals surface area contributed by atoms with Crippen LogP contribution in [0, 0.1) is 18.3 Å². The van der Waals surface area contributed by atoms with Crippen molar-refractivity contribution in [2.45, 2.75) is 6.92 Å². The van der Waals surface area contributed by atoms with Crippen LogP contribution in [-0.4, -0.2) is 0 Å². The number of furan rings is 1. The topological polar surface area (TPSA) is 50.0 Å². The van der Waals surface area contributed by atoms with Crippen molar-refractivity contribution in [3.63, 3.8) is 0 Å². The molecule has 2 aromatic heterocycles. The fourth-order valence-corrected chi connectivity index (χ4v) is 4.80. The maximum Gasteiger partial charge on any atom is 0.216 e. The van der Waals surface area contributed by atoms with Gasteiger partial charge in [0.1, 0.15) is 29.7 Å². The second kappa shape index (κ2) is 8.72. The summed E-state index contributed by atoms with van der Waals surface area (Å²) in [6.45, 7) is 2.10. The summed E-state index contributed by atoms with van der Waals surface area (Å²) in [6.07, 6.45) is 2.04. The minimum atomic E-state index is 0.571. The molecular formula is C32H23N2O2+. The third-order valence-electron chi connectivity index (χ3n) is 6.57. The van der Waals surface area contributed by atoms with E-state index in [-0.39, 0.29) is 0 Å². The van der Waals surface area contributed by atoms with Crippen LogP contribution in [0.1, 0.15) is 11.1 Å². The van der Waals surface area contributed by atoms with Crippen molar-refractivity contribution in [1.29, 1.82) is 5.26 Å². The van der Waals surface area contributed by atoms with Gasteiger partial charge in [0.25, 0.3) is 0 Å². The van der Waals surface area contributed by atoms with Gasteiger partial charge in [-0.2, -0.15) is 5.26 Å². The van der Waals surface area contributed by atoms with E-state index >= 15 is 0 Å². The van der Waals surface area contributed by atoms with Crippen molar-refractivity contribution in [2.24, 2.45) is 7.05 Å². The zero-order chi connectivity index (χ0) is 24.6. The molecule has 2 heterocycles. The standard InChI is InChI=1S/C32H23N2O2/c1-21-11-17-26-27-18-14-23(20-33)30(22-12-15-25(16-13-22)35-24-8-4-3-5-9-24)32(27)36-31(26)29(21)28-10-6-7-19-34(28)2/h3-19H,1-2H3/q+1. The number of hydrogen-bond donors (Lipinski definition) is 0. The number of fused-ring (bicyclic) bond motifs is 3. The zero-order valence-corrected chi connectivity index (χ0v) is 20.0. The summed E-state index contributed by atoms with van der Waals surface area (Å²) in [4.78, 5) is 0. The number of benzene rings is 4. The fraction of sp³-hybridized carbons (Fsp3) is 0.0625. The number of pyridine rings is 1. The summed E-state index contributed by atoms with van der Waals surface area (Å²) in [6, 6.07) is 34.1. The Kier molecular flexibility index (Phi) is 5.24. The molecule has 0 saturated carbocycles. The molecule has 4 aromatic carbocycles. The first-order valence-electron chi connectivity index (χ1n) is 11.8. The van der Waals surface area contributed by atoms with Gasteiger partial charge >= 0.3 is 0 Å². The Morgan fingerprint density at radius 2 is 1.39 bits per heavy atom. The summed E-state index contributed by atoms with van der Waals surface area (Å²) in [5.41, 5.74) is 7.07. The molecule has 36 heavy (non-hydrogen) atoms. The lowest BCUT2D eigenvalue weighted by Crippen LogP contribution is -2.30. The molecule has 0 radical (unpaired) electrons. The minimum absolute atomic E-state index is 0.571. The third kappa shape index (κ3) is 3.59. The molecule has 0 spiro atoms. The van der Waals surface area contributed by atoms with Gasteiger partial charge in [-0.05, 0) is 60.5 Å². The maximum atomic E-state index is 9.96. The summed E-state index contributed by atoms with van der Waals surface area (Å²) >= 11 is 0. The number of nitrogens with zero attached hydrogens (tertiary/aromatic N) is 2. The first-order valence-corrected chi connectivity index (χ1v) is 11.8. The van der Waals surface area contributed by atoms with Crippen LogP contribution in [0.3, 0.4) is 0 Å². The van der Waals surface area contributed by atoms with Gasteiger partial charge in [0, 0.05) is 28.5 Å². The van der Waals surface area contributed by atoms with Gasteiger partial charge in [0.15, 0.2) is 6.20 Å². The molecule has 0 fully saturated rings. The maximum absolute atomic E-state index is 9.96. The first-order chi connectivity index (χ1) is 17.6. The highest BCUT2D eigenvalue weighted by atomic mass is 16.5. The van der Waals surface area contributed by atoms with Gasteiger partial charge < -0.3 is 9.15 Å². The number of para-hydroxylation sites is 1. The van der Waals surface area contributed by atoms with Gasteiger partial charge in [-0.15, -0.1) is 0 Å². The van der Waals surface area contributed by atoms with Crippen LogP contribution in [-0.2, 0) is 7.05 Å². The Bertz CT molecular complexity index is 1780. The largest absolute Gasteiger partial charge is 0.457 e. The van der Waals surface area contributed by atoms with E-state index in [4.69, 9.17) is 9.15 Å². The van der Waals surface area contributed by atoms with Gasteiger partial charge in [-0.25, -0.2) is 4.57 Å². The minimum Gasteiger partial charge on any atom is -0.457 e. The molecule has 0 atom stereocenters. The molecule has 0 aliphatic carbocycles. The fourth-order valence-electron chi connectivity index (χ4n) is 4.80. The van der Waals surface area contributed by atoms with E-state index in [1.54, 1.807) is 0 Å². The van der Waals surface area contributed by atoms with Crippen LogP contribution in [0.15, 0.2) is 108 Å². The lowest BCUT2D eigenvalue weighted by Gasteiger charge is -2.08. The van der Waals surface area contributed by atoms with Gasteiger partial charge in [0.2, 0.25) is 5.69 Å². The van der Waals surface area contributed by atoms with Gasteiger partial charge in [-0.1, -0.05) is 42.5 Å². The van der Waals surface area contributed by atoms with Crippen molar-refractivity contribution in [1.82, 2.24) is 0 Å². The highest BCUT2D eigenvalue weighted by molar-refractivity contribution is 6.14. The Balaban J connectivity index is 1.54. The summed E-state index contributed by atoms with van der Waals surface area (Å²) in [5.74, 6) is 1.51. The van der Waals surface area contributed by atoms with E-state index in [0.717, 1.165) is 55.8 Å². The zero-order valence-electron chi connectivity index (χ0n) is 20.0. The monoisotopic (exact) mass is 467 g/mol. The lowest BCUT2D eigenvalue weighted by molar-refractivity contribution is -0.660. The van der Waals surface area contributed by atoms with Crippen LogP contribution in [0.5, 0.6) is 11.5 Å². The molecule has 172 valence electrons. The molecule has 6 aromatic rings. The number of ether oxygens (including phenoxy) is 1. The quantitative estimate of drug-likeness (QED) is 0.249. The molecule has 4 nitrogen and oxygen atoms in total. The Morgan fingerprint density at radius 3 is 2.11 bits per heavy atom. The van der Waals surface area contributed by atoms with Crippen LogP contribution in [0.4, 0.5) is 0 Å². The second-order valence-electron chi connectivity index (χ2n) is 8.85. The molecule has 0 N–H and O–H groups in total. The molecule has 6 rings (SSSR count). The van der Waals surface area contributed by atoms with E-state index in [1.807, 2.05) is 92.1 Å². The van der Waals surface area contributed by atoms with Gasteiger partial charge in [-0.3, -0.25) is 0 Å². The third-order valence-corrected chi connectivity index (χ3v) is 6.57. The van der Waals surface area contributed by atoms with E-state index in [2.05, 4.69) is 35.8 Å². The summed E-state index contributed by atoms with van der Waals surface area (Å²) in [7, 11) is 2.04. The van der Waals surface area contributed by atoms with Crippen molar-refractivity contribution < 1.29 is 13.7 Å². The number of rotatable bonds is 4. The van der Waals surface area contributed by atoms with Crippen LogP contribution >= 0.6 is 0 Å². The highest BCUT2D eigenvalue weighted by Crippen LogP contribution is 2.42. The summed E-state index contributed by atoms with van der Waals surface area (Å²) in [5, 5.41) is 12.0. The van der Waals surface area contributed by atoms with E-state index in [0.29, 0.717) is 11.1 Å². The second-order valence-corrected chi connectivity index (χ2v) is 8.85. The van der Waals surface area contributed by atoms with Crippen molar-refractivity contribution in [3.8, 4) is 40.0 Å². The molecule has 0 bridgehead atoms. The van der Waals surface area contributed by atoms with Crippen molar-refractivity contribution in [2.75, 3.05) is 0 Å². The number of hydrogen-bond acceptors (Lipinski definition) is 3. The Hall–Kier alpha value is -4.88. The molecule has 0 aliphatic heterocycles. The molecule has 0 aliphatic rings. The van der Waals surface area contributed by atoms with Crippen molar-refractivity contribution in [3.05, 3.63) is 114 Å². The number of nitriles is 1. The average Bonchev–Trinajstić information content (AvgIpc) is 3.28. The van der Waals surface area contributed by atoms with Crippen LogP contribution in [0.2, 0.25) is 0 Å². The molecular weight excluding hydrogens is 444 g/mol. The molecule has 0 saturated heterocycles. The molecule has 0 unspecified atom stereocenters. The Labute approximate surface area is 209 Å². The van der Waals surface area contributed by atoms with Crippen molar-refractivity contribution >= 4 is 21.9 Å². The SMILES string of the molecule is Cc1ccc2c(oc3c(-c4ccc(Oc5ccccc5)cc4)c(C#N)ccc32)c1-c1cccc[n+]1C. The normalized spacial score (nSPS) is 11.0. The van der Waals surface area contributed by atoms with Gasteiger partial charge in [0.05, 0.1) is 17.2 Å². The highest BCUT2D eigenvalue weighted by Gasteiger charge is 2.22. The van der Waals surface area contributed by atoms with E-state index < -0.39 is 0 Å². The predicted octanol–water partition coefficient (Wildman–Crippen LogP) is 7.72. The van der Waals surface area contributed by atoms with Crippen LogP contribution < -0.4 is 9.30 Å². The smallest absolute Gasteiger partial charge is 0.216 e. The van der Waals surface area contributed by atoms with Crippen LogP contribution in [0.25, 0.3) is 44.3 Å². The molecule has 4 heteroatoms. The van der Waals surface area contributed by atoms with E-state index in [1.165, 1.54) is 0 Å². The number of aryl methyl sites for hydroxylation is 2. The first kappa shape index (κ1) is 21.6. The lowest BCUT2D eigenvalue weighted by atomic mass is 9.96. The Morgan fingerprint density at radius 1 is 0.722 bits per heavy atom.